The first kappa shape index (κ1) is 17.6. The van der Waals surface area contributed by atoms with E-state index in [-0.39, 0.29) is 10.8 Å². The van der Waals surface area contributed by atoms with E-state index < -0.39 is 9.84 Å². The van der Waals surface area contributed by atoms with Crippen LogP contribution in [0.4, 0.5) is 0 Å². The topological polar surface area (TPSA) is 68.5 Å². The molecule has 0 aliphatic carbocycles. The highest BCUT2D eigenvalue weighted by atomic mass is 32.2. The minimum atomic E-state index is -3.28. The van der Waals surface area contributed by atoms with E-state index >= 15 is 0 Å². The molecule has 130 valence electrons. The number of nitrogens with zero attached hydrogens (tertiary/aromatic N) is 2. The van der Waals surface area contributed by atoms with E-state index in [0.717, 1.165) is 16.6 Å². The van der Waals surface area contributed by atoms with Gasteiger partial charge < -0.3 is 4.57 Å². The first-order valence-corrected chi connectivity index (χ1v) is 10.6. The molecule has 0 saturated carbocycles. The Balaban J connectivity index is 2.18. The summed E-state index contributed by atoms with van der Waals surface area (Å²) in [5.74, 6) is -0.305. The van der Waals surface area contributed by atoms with Gasteiger partial charge in [-0.05, 0) is 36.8 Å². The summed E-state index contributed by atoms with van der Waals surface area (Å²) in [6, 6.07) is 13.9. The third kappa shape index (κ3) is 3.72. The number of amides is 1. The van der Waals surface area contributed by atoms with Crippen LogP contribution in [0.2, 0.25) is 0 Å². The molecule has 0 aliphatic rings. The van der Waals surface area contributed by atoms with Crippen molar-refractivity contribution in [3.05, 3.63) is 58.9 Å². The number of carbonyl (C=O) groups is 1. The van der Waals surface area contributed by atoms with Crippen LogP contribution in [0.25, 0.3) is 10.2 Å². The van der Waals surface area contributed by atoms with E-state index in [4.69, 9.17) is 0 Å². The summed E-state index contributed by atoms with van der Waals surface area (Å²) < 4.78 is 26.3. The molecule has 0 atom stereocenters. The second-order valence-corrected chi connectivity index (χ2v) is 8.75. The number of thiazole rings is 1. The number of carbonyl (C=O) groups excluding carboxylic acids is 1. The van der Waals surface area contributed by atoms with Crippen molar-refractivity contribution < 1.29 is 13.2 Å². The number of sulfone groups is 1. The molecule has 25 heavy (non-hydrogen) atoms. The maximum absolute atomic E-state index is 12.4. The van der Waals surface area contributed by atoms with Crippen LogP contribution < -0.4 is 4.80 Å². The van der Waals surface area contributed by atoms with Crippen molar-refractivity contribution in [2.24, 2.45) is 4.99 Å². The standard InChI is InChI=1S/C18H18N2O3S2/c1-3-11-20-15-10-9-14(25(2,22)23)12-16(15)24-18(20)19-17(21)13-7-5-4-6-8-13/h4-10,12H,3,11H2,1-2H3. The second-order valence-electron chi connectivity index (χ2n) is 5.72. The van der Waals surface area contributed by atoms with Crippen molar-refractivity contribution >= 4 is 37.3 Å². The number of hydrogen-bond acceptors (Lipinski definition) is 4. The van der Waals surface area contributed by atoms with E-state index in [1.54, 1.807) is 42.5 Å². The molecule has 1 aromatic heterocycles. The lowest BCUT2D eigenvalue weighted by molar-refractivity contribution is 0.0998. The number of hydrogen-bond donors (Lipinski definition) is 0. The third-order valence-corrected chi connectivity index (χ3v) is 5.90. The Bertz CT molecular complexity index is 1090. The summed E-state index contributed by atoms with van der Waals surface area (Å²) in [6.45, 7) is 2.75. The lowest BCUT2D eigenvalue weighted by Gasteiger charge is -2.03. The second kappa shape index (κ2) is 6.93. The van der Waals surface area contributed by atoms with E-state index in [0.29, 0.717) is 16.9 Å². The minimum absolute atomic E-state index is 0.269. The van der Waals surface area contributed by atoms with Gasteiger partial charge in [0.05, 0.1) is 15.1 Å². The molecule has 0 fully saturated rings. The van der Waals surface area contributed by atoms with Gasteiger partial charge in [-0.3, -0.25) is 4.79 Å². The molecule has 0 aliphatic heterocycles. The highest BCUT2D eigenvalue weighted by molar-refractivity contribution is 7.90. The minimum Gasteiger partial charge on any atom is -0.316 e. The number of fused-ring (bicyclic) bond motifs is 1. The van der Waals surface area contributed by atoms with Crippen molar-refractivity contribution in [3.8, 4) is 0 Å². The van der Waals surface area contributed by atoms with Crippen molar-refractivity contribution in [2.75, 3.05) is 6.26 Å². The Hall–Kier alpha value is -2.25. The summed E-state index contributed by atoms with van der Waals surface area (Å²) >= 11 is 1.33. The summed E-state index contributed by atoms with van der Waals surface area (Å²) in [6.07, 6.45) is 2.07. The van der Waals surface area contributed by atoms with Gasteiger partial charge in [0.25, 0.3) is 5.91 Å². The van der Waals surface area contributed by atoms with Crippen LogP contribution in [-0.4, -0.2) is 25.1 Å². The lowest BCUT2D eigenvalue weighted by atomic mass is 10.2. The van der Waals surface area contributed by atoms with Gasteiger partial charge in [-0.1, -0.05) is 36.5 Å². The smallest absolute Gasteiger partial charge is 0.279 e. The number of aromatic nitrogens is 1. The fourth-order valence-electron chi connectivity index (χ4n) is 2.54. The highest BCUT2D eigenvalue weighted by Crippen LogP contribution is 2.22. The van der Waals surface area contributed by atoms with Crippen LogP contribution in [0.5, 0.6) is 0 Å². The van der Waals surface area contributed by atoms with E-state index in [9.17, 15) is 13.2 Å². The SMILES string of the molecule is CCCn1c(=NC(=O)c2ccccc2)sc2cc(S(C)(=O)=O)ccc21. The molecule has 7 heteroatoms. The van der Waals surface area contributed by atoms with Gasteiger partial charge in [0.15, 0.2) is 14.6 Å². The molecule has 0 N–H and O–H groups in total. The highest BCUT2D eigenvalue weighted by Gasteiger charge is 2.13. The molecular weight excluding hydrogens is 356 g/mol. The Morgan fingerprint density at radius 3 is 2.52 bits per heavy atom. The van der Waals surface area contributed by atoms with Crippen molar-refractivity contribution in [2.45, 2.75) is 24.8 Å². The van der Waals surface area contributed by atoms with Crippen molar-refractivity contribution in [3.63, 3.8) is 0 Å². The zero-order valence-corrected chi connectivity index (χ0v) is 15.6. The van der Waals surface area contributed by atoms with Gasteiger partial charge in [-0.2, -0.15) is 4.99 Å². The molecule has 1 amide bonds. The maximum atomic E-state index is 12.4. The monoisotopic (exact) mass is 374 g/mol. The number of aryl methyl sites for hydroxylation is 1. The molecule has 0 spiro atoms. The fraction of sp³-hybridized carbons (Fsp3) is 0.222. The number of benzene rings is 2. The third-order valence-electron chi connectivity index (χ3n) is 3.75. The Labute approximate surface area is 150 Å². The van der Waals surface area contributed by atoms with Crippen LogP contribution in [0, 0.1) is 0 Å². The average molecular weight is 374 g/mol. The van der Waals surface area contributed by atoms with Gasteiger partial charge in [-0.25, -0.2) is 8.42 Å². The van der Waals surface area contributed by atoms with Crippen LogP contribution in [0.3, 0.4) is 0 Å². The molecule has 1 heterocycles. The molecule has 0 bridgehead atoms. The van der Waals surface area contributed by atoms with Crippen molar-refractivity contribution in [1.82, 2.24) is 4.57 Å². The van der Waals surface area contributed by atoms with Gasteiger partial charge in [0.2, 0.25) is 0 Å². The Kier molecular flexibility index (Phi) is 4.87. The lowest BCUT2D eigenvalue weighted by Crippen LogP contribution is -2.16. The van der Waals surface area contributed by atoms with Crippen LogP contribution in [0.1, 0.15) is 23.7 Å². The fourth-order valence-corrected chi connectivity index (χ4v) is 4.36. The van der Waals surface area contributed by atoms with Crippen molar-refractivity contribution in [1.29, 1.82) is 0 Å². The molecular formula is C18H18N2O3S2. The molecule has 0 unspecified atom stereocenters. The van der Waals surface area contributed by atoms with E-state index in [2.05, 4.69) is 4.99 Å². The predicted molar refractivity (Wildman–Crippen MR) is 99.6 cm³/mol. The molecule has 0 saturated heterocycles. The molecule has 5 nitrogen and oxygen atoms in total. The van der Waals surface area contributed by atoms with E-state index in [1.807, 2.05) is 17.6 Å². The molecule has 2 aromatic carbocycles. The van der Waals surface area contributed by atoms with Crippen LogP contribution in [-0.2, 0) is 16.4 Å². The zero-order valence-electron chi connectivity index (χ0n) is 14.0. The van der Waals surface area contributed by atoms with Crippen LogP contribution in [0.15, 0.2) is 58.4 Å². The van der Waals surface area contributed by atoms with Gasteiger partial charge in [-0.15, -0.1) is 0 Å². The first-order chi connectivity index (χ1) is 11.9. The van der Waals surface area contributed by atoms with E-state index in [1.165, 1.54) is 17.6 Å². The summed E-state index contributed by atoms with van der Waals surface area (Å²) in [4.78, 5) is 17.5. The summed E-state index contributed by atoms with van der Waals surface area (Å²) in [5.41, 5.74) is 1.42. The van der Waals surface area contributed by atoms with Gasteiger partial charge in [0.1, 0.15) is 0 Å². The van der Waals surface area contributed by atoms with Gasteiger partial charge >= 0.3 is 0 Å². The largest absolute Gasteiger partial charge is 0.316 e. The maximum Gasteiger partial charge on any atom is 0.279 e. The predicted octanol–water partition coefficient (Wildman–Crippen LogP) is 3.26. The summed E-state index contributed by atoms with van der Waals surface area (Å²) in [5, 5.41) is 0. The Morgan fingerprint density at radius 1 is 1.16 bits per heavy atom. The molecule has 3 rings (SSSR count). The molecule has 3 aromatic rings. The normalized spacial score (nSPS) is 12.6. The Morgan fingerprint density at radius 2 is 1.88 bits per heavy atom. The average Bonchev–Trinajstić information content (AvgIpc) is 2.92. The molecule has 0 radical (unpaired) electrons. The zero-order chi connectivity index (χ0) is 18.0. The van der Waals surface area contributed by atoms with Crippen LogP contribution >= 0.6 is 11.3 Å². The summed E-state index contributed by atoms with van der Waals surface area (Å²) in [7, 11) is -3.28. The number of rotatable bonds is 4. The first-order valence-electron chi connectivity index (χ1n) is 7.87. The van der Waals surface area contributed by atoms with Gasteiger partial charge in [0, 0.05) is 18.4 Å². The quantitative estimate of drug-likeness (QED) is 0.704.